The van der Waals surface area contributed by atoms with Gasteiger partial charge in [0.05, 0.1) is 15.5 Å². The maximum Gasteiger partial charge on any atom is 0.290 e. The summed E-state index contributed by atoms with van der Waals surface area (Å²) in [6, 6.07) is 0.857. The summed E-state index contributed by atoms with van der Waals surface area (Å²) in [4.78, 5) is 33.7. The molecule has 0 unspecified atom stereocenters. The van der Waals surface area contributed by atoms with E-state index in [2.05, 4.69) is 0 Å². The third-order valence-corrected chi connectivity index (χ3v) is 4.12. The van der Waals surface area contributed by atoms with E-state index < -0.39 is 42.3 Å². The minimum atomic E-state index is -0.819. The monoisotopic (exact) mass is 339 g/mol. The van der Waals surface area contributed by atoms with Gasteiger partial charge in [-0.15, -0.1) is 0 Å². The predicted molar refractivity (Wildman–Crippen MR) is 70.5 cm³/mol. The fraction of sp³-hybridized carbons (Fsp3) is 0. The van der Waals surface area contributed by atoms with E-state index >= 15 is 0 Å². The van der Waals surface area contributed by atoms with Gasteiger partial charge in [0, 0.05) is 11.6 Å². The van der Waals surface area contributed by atoms with Gasteiger partial charge in [-0.1, -0.05) is 46.4 Å². The number of hydrogen-bond donors (Lipinski definition) is 0. The topological polar surface area (TPSA) is 77.3 Å². The van der Waals surface area contributed by atoms with Crippen molar-refractivity contribution in [1.82, 2.24) is 0 Å². The van der Waals surface area contributed by atoms with E-state index in [0.29, 0.717) is 0 Å². The van der Waals surface area contributed by atoms with Gasteiger partial charge in [-0.05, 0) is 0 Å². The fourth-order valence-corrected chi connectivity index (χ4v) is 2.44. The van der Waals surface area contributed by atoms with E-state index in [4.69, 9.17) is 46.4 Å². The van der Waals surface area contributed by atoms with Gasteiger partial charge in [0.2, 0.25) is 11.6 Å². The zero-order valence-electron chi connectivity index (χ0n) is 8.67. The van der Waals surface area contributed by atoms with Crippen LogP contribution in [0, 0.1) is 10.1 Å². The molecule has 0 spiro atoms. The minimum Gasteiger partial charge on any atom is -0.288 e. The highest BCUT2D eigenvalue weighted by Gasteiger charge is 2.36. The molecule has 0 atom stereocenters. The number of fused-ring (bicyclic) bond motifs is 1. The van der Waals surface area contributed by atoms with Crippen molar-refractivity contribution in [2.75, 3.05) is 0 Å². The van der Waals surface area contributed by atoms with Crippen molar-refractivity contribution in [2.24, 2.45) is 0 Å². The lowest BCUT2D eigenvalue weighted by Gasteiger charge is -2.15. The number of benzene rings is 1. The summed E-state index contributed by atoms with van der Waals surface area (Å²) in [6.45, 7) is 0. The van der Waals surface area contributed by atoms with E-state index in [9.17, 15) is 19.7 Å². The molecule has 0 saturated carbocycles. The van der Waals surface area contributed by atoms with E-state index in [0.717, 1.165) is 6.07 Å². The number of nitro groups is 1. The fourth-order valence-electron chi connectivity index (χ4n) is 1.57. The lowest BCUT2D eigenvalue weighted by Crippen LogP contribution is -2.19. The SMILES string of the molecule is O=C1C(Cl)=C(Cl)C(=O)c2c1cc([N+](=O)[O-])c(Cl)c2Cl. The van der Waals surface area contributed by atoms with Crippen LogP contribution in [0.5, 0.6) is 0 Å². The first-order valence-corrected chi connectivity index (χ1v) is 6.09. The number of Topliss-reactive ketones (excluding diaryl/α,β-unsaturated/α-hetero) is 2. The molecule has 9 heteroatoms. The maximum atomic E-state index is 11.9. The molecule has 0 heterocycles. The highest BCUT2D eigenvalue weighted by molar-refractivity contribution is 6.61. The van der Waals surface area contributed by atoms with Gasteiger partial charge in [-0.2, -0.15) is 0 Å². The van der Waals surface area contributed by atoms with E-state index in [1.165, 1.54) is 0 Å². The van der Waals surface area contributed by atoms with Crippen molar-refractivity contribution in [3.8, 4) is 0 Å². The average Bonchev–Trinajstić information content (AvgIpc) is 2.36. The summed E-state index contributed by atoms with van der Waals surface area (Å²) in [6.07, 6.45) is 0. The molecule has 2 rings (SSSR count). The van der Waals surface area contributed by atoms with Gasteiger partial charge in [0.25, 0.3) is 5.69 Å². The molecule has 1 aromatic rings. The molecular formula is C10HCl4NO4. The Balaban J connectivity index is 2.87. The minimum absolute atomic E-state index is 0.281. The Morgan fingerprint density at radius 2 is 1.47 bits per heavy atom. The molecule has 0 saturated heterocycles. The van der Waals surface area contributed by atoms with Crippen LogP contribution in [-0.4, -0.2) is 16.5 Å². The third kappa shape index (κ3) is 2.03. The number of carbonyl (C=O) groups excluding carboxylic acids is 2. The first kappa shape index (κ1) is 14.3. The molecule has 0 fully saturated rings. The highest BCUT2D eigenvalue weighted by atomic mass is 35.5. The number of carbonyl (C=O) groups is 2. The van der Waals surface area contributed by atoms with Crippen molar-refractivity contribution in [3.63, 3.8) is 0 Å². The van der Waals surface area contributed by atoms with Crippen LogP contribution in [0.25, 0.3) is 0 Å². The smallest absolute Gasteiger partial charge is 0.288 e. The van der Waals surface area contributed by atoms with Crippen LogP contribution in [0.1, 0.15) is 20.7 Å². The number of hydrogen-bond acceptors (Lipinski definition) is 4. The van der Waals surface area contributed by atoms with Crippen molar-refractivity contribution in [1.29, 1.82) is 0 Å². The maximum absolute atomic E-state index is 11.9. The normalized spacial score (nSPS) is 14.7. The van der Waals surface area contributed by atoms with Crippen LogP contribution in [0.15, 0.2) is 16.1 Å². The molecule has 0 bridgehead atoms. The predicted octanol–water partition coefficient (Wildman–Crippen LogP) is 3.97. The van der Waals surface area contributed by atoms with Gasteiger partial charge in [-0.3, -0.25) is 19.7 Å². The molecule has 1 aromatic carbocycles. The van der Waals surface area contributed by atoms with Crippen molar-refractivity contribution in [2.45, 2.75) is 0 Å². The van der Waals surface area contributed by atoms with Crippen molar-refractivity contribution in [3.05, 3.63) is 47.4 Å². The lowest BCUT2D eigenvalue weighted by atomic mass is 9.93. The molecule has 19 heavy (non-hydrogen) atoms. The second-order valence-electron chi connectivity index (χ2n) is 3.49. The first-order chi connectivity index (χ1) is 8.77. The summed E-state index contributed by atoms with van der Waals surface area (Å²) >= 11 is 22.7. The number of rotatable bonds is 1. The lowest BCUT2D eigenvalue weighted by molar-refractivity contribution is -0.384. The van der Waals surface area contributed by atoms with Crippen LogP contribution < -0.4 is 0 Å². The largest absolute Gasteiger partial charge is 0.290 e. The molecule has 1 aliphatic rings. The number of halogens is 4. The molecule has 0 N–H and O–H groups in total. The van der Waals surface area contributed by atoms with Crippen LogP contribution >= 0.6 is 46.4 Å². The van der Waals surface area contributed by atoms with Crippen LogP contribution in [0.2, 0.25) is 10.0 Å². The van der Waals surface area contributed by atoms with Crippen LogP contribution in [0.4, 0.5) is 5.69 Å². The highest BCUT2D eigenvalue weighted by Crippen LogP contribution is 2.42. The molecule has 5 nitrogen and oxygen atoms in total. The Hall–Kier alpha value is -1.14. The zero-order chi connectivity index (χ0) is 14.5. The number of allylic oxidation sites excluding steroid dienone is 2. The molecule has 1 aliphatic carbocycles. The summed E-state index contributed by atoms with van der Waals surface area (Å²) in [5.41, 5.74) is -1.16. The summed E-state index contributed by atoms with van der Waals surface area (Å²) in [5.74, 6) is -1.62. The molecule has 0 amide bonds. The van der Waals surface area contributed by atoms with Crippen molar-refractivity contribution < 1.29 is 14.5 Å². The molecule has 0 aliphatic heterocycles. The summed E-state index contributed by atoms with van der Waals surface area (Å²) in [7, 11) is 0. The zero-order valence-corrected chi connectivity index (χ0v) is 11.7. The Morgan fingerprint density at radius 1 is 0.947 bits per heavy atom. The van der Waals surface area contributed by atoms with Crippen LogP contribution in [0.3, 0.4) is 0 Å². The van der Waals surface area contributed by atoms with E-state index in [-0.39, 0.29) is 11.1 Å². The average molecular weight is 341 g/mol. The van der Waals surface area contributed by atoms with Gasteiger partial charge in [0.15, 0.2) is 0 Å². The Labute approximate surface area is 125 Å². The Kier molecular flexibility index (Phi) is 3.57. The standard InChI is InChI=1S/C10HCl4NO4/c11-5-3(15(18)19)1-2-4(6(5)12)10(17)8(14)7(13)9(2)16/h1H. The van der Waals surface area contributed by atoms with Gasteiger partial charge in [0.1, 0.15) is 15.1 Å². The van der Waals surface area contributed by atoms with Gasteiger partial charge >= 0.3 is 0 Å². The molecule has 98 valence electrons. The second-order valence-corrected chi connectivity index (χ2v) is 5.00. The number of nitro benzene ring substituents is 1. The van der Waals surface area contributed by atoms with Crippen molar-refractivity contribution >= 4 is 63.7 Å². The number of ketones is 2. The van der Waals surface area contributed by atoms with Crippen LogP contribution in [-0.2, 0) is 0 Å². The third-order valence-electron chi connectivity index (χ3n) is 2.45. The quantitative estimate of drug-likeness (QED) is 0.572. The summed E-state index contributed by atoms with van der Waals surface area (Å²) < 4.78 is 0. The molecule has 0 aromatic heterocycles. The first-order valence-electron chi connectivity index (χ1n) is 4.58. The van der Waals surface area contributed by atoms with Gasteiger partial charge in [-0.25, -0.2) is 0 Å². The second kappa shape index (κ2) is 4.76. The van der Waals surface area contributed by atoms with E-state index in [1.54, 1.807) is 0 Å². The Bertz CT molecular complexity index is 695. The Morgan fingerprint density at radius 3 is 2.00 bits per heavy atom. The molecular weight excluding hydrogens is 340 g/mol. The summed E-state index contributed by atoms with van der Waals surface area (Å²) in [5, 5.41) is 8.95. The van der Waals surface area contributed by atoms with E-state index in [1.807, 2.05) is 0 Å². The van der Waals surface area contributed by atoms with Gasteiger partial charge < -0.3 is 0 Å². The number of nitrogens with zero attached hydrogens (tertiary/aromatic N) is 1. The molecule has 0 radical (unpaired) electrons.